The lowest BCUT2D eigenvalue weighted by Crippen LogP contribution is -2.61. The number of carbonyl (C=O) groups excluding carboxylic acids is 2. The lowest BCUT2D eigenvalue weighted by atomic mass is 9.82. The van der Waals surface area contributed by atoms with Crippen LogP contribution in [0, 0.1) is 5.92 Å². The van der Waals surface area contributed by atoms with Crippen LogP contribution in [0.5, 0.6) is 0 Å². The van der Waals surface area contributed by atoms with Gasteiger partial charge in [-0.25, -0.2) is 4.79 Å². The number of aliphatic hydroxyl groups is 1. The summed E-state index contributed by atoms with van der Waals surface area (Å²) < 4.78 is 0. The normalized spacial score (nSPS) is 31.1. The molecule has 1 aliphatic heterocycles. The van der Waals surface area contributed by atoms with Crippen LogP contribution in [0.3, 0.4) is 0 Å². The highest BCUT2D eigenvalue weighted by molar-refractivity contribution is 5.98. The smallest absolute Gasteiger partial charge is 0.324 e. The van der Waals surface area contributed by atoms with Gasteiger partial charge in [-0.15, -0.1) is 0 Å². The molecule has 2 aliphatic rings. The van der Waals surface area contributed by atoms with Gasteiger partial charge in [0.25, 0.3) is 0 Å². The number of imide groups is 1. The van der Waals surface area contributed by atoms with Crippen molar-refractivity contribution in [2.45, 2.75) is 31.7 Å². The van der Waals surface area contributed by atoms with Crippen LogP contribution in [0.4, 0.5) is 4.79 Å². The van der Waals surface area contributed by atoms with Crippen molar-refractivity contribution in [1.82, 2.24) is 10.2 Å². The van der Waals surface area contributed by atoms with E-state index in [2.05, 4.69) is 5.32 Å². The molecule has 84 valence electrons. The Bertz CT molecular complexity index is 280. The zero-order valence-electron chi connectivity index (χ0n) is 8.61. The van der Waals surface area contributed by atoms with Gasteiger partial charge >= 0.3 is 6.03 Å². The van der Waals surface area contributed by atoms with E-state index >= 15 is 0 Å². The molecular formula is C10H16N2O3. The molecule has 5 heteroatoms. The highest BCUT2D eigenvalue weighted by Crippen LogP contribution is 2.28. The predicted molar refractivity (Wildman–Crippen MR) is 53.1 cm³/mol. The fourth-order valence-electron chi connectivity index (χ4n) is 2.45. The predicted octanol–water partition coefficient (Wildman–Crippen LogP) is 0.0893. The zero-order chi connectivity index (χ0) is 10.8. The number of hydrogen-bond donors (Lipinski definition) is 2. The molecule has 2 unspecified atom stereocenters. The Kier molecular flexibility index (Phi) is 2.90. The number of aliphatic hydroxyl groups excluding tert-OH is 1. The summed E-state index contributed by atoms with van der Waals surface area (Å²) in [5.41, 5.74) is 0. The Balaban J connectivity index is 2.11. The number of urea groups is 1. The standard InChI is InChI=1S/C10H16N2O3/c13-6-5-12-9(14)7-3-1-2-4-8(7)11-10(12)15/h7-8,13H,1-6H2,(H,11,15). The van der Waals surface area contributed by atoms with Gasteiger partial charge in [-0.1, -0.05) is 12.8 Å². The average Bonchev–Trinajstić information content (AvgIpc) is 2.24. The molecule has 2 atom stereocenters. The van der Waals surface area contributed by atoms with Crippen LogP contribution in [0.2, 0.25) is 0 Å². The van der Waals surface area contributed by atoms with E-state index in [1.54, 1.807) is 0 Å². The summed E-state index contributed by atoms with van der Waals surface area (Å²) in [5.74, 6) is -0.180. The minimum Gasteiger partial charge on any atom is -0.395 e. The molecule has 0 aromatic rings. The molecule has 2 fully saturated rings. The van der Waals surface area contributed by atoms with E-state index in [4.69, 9.17) is 5.11 Å². The molecule has 5 nitrogen and oxygen atoms in total. The van der Waals surface area contributed by atoms with Gasteiger partial charge in [-0.2, -0.15) is 0 Å². The van der Waals surface area contributed by atoms with Crippen molar-refractivity contribution >= 4 is 11.9 Å². The maximum atomic E-state index is 11.9. The van der Waals surface area contributed by atoms with Crippen molar-refractivity contribution in [2.24, 2.45) is 5.92 Å². The second-order valence-electron chi connectivity index (χ2n) is 4.16. The molecule has 2 N–H and O–H groups in total. The van der Waals surface area contributed by atoms with Crippen LogP contribution in [0.1, 0.15) is 25.7 Å². The monoisotopic (exact) mass is 212 g/mol. The second kappa shape index (κ2) is 4.18. The van der Waals surface area contributed by atoms with Crippen LogP contribution in [-0.4, -0.2) is 41.1 Å². The molecule has 0 aromatic carbocycles. The molecule has 1 saturated carbocycles. The van der Waals surface area contributed by atoms with E-state index < -0.39 is 0 Å². The third-order valence-electron chi connectivity index (χ3n) is 3.23. The first kappa shape index (κ1) is 10.4. The molecule has 1 heterocycles. The summed E-state index contributed by atoms with van der Waals surface area (Å²) in [6.07, 6.45) is 3.88. The van der Waals surface area contributed by atoms with Crippen LogP contribution >= 0.6 is 0 Å². The lowest BCUT2D eigenvalue weighted by molar-refractivity contribution is -0.136. The number of β-amino-alcohol motifs (C(OH)–C–C–N with tert-alkyl or cyclic N) is 1. The third kappa shape index (κ3) is 1.84. The molecule has 1 saturated heterocycles. The molecule has 15 heavy (non-hydrogen) atoms. The summed E-state index contributed by atoms with van der Waals surface area (Å²) in [6.45, 7) is -0.0650. The van der Waals surface area contributed by atoms with Crippen LogP contribution < -0.4 is 5.32 Å². The number of carbonyl (C=O) groups is 2. The van der Waals surface area contributed by atoms with Gasteiger partial charge in [0.2, 0.25) is 5.91 Å². The highest BCUT2D eigenvalue weighted by Gasteiger charge is 2.41. The van der Waals surface area contributed by atoms with Crippen LogP contribution in [-0.2, 0) is 4.79 Å². The Hall–Kier alpha value is -1.10. The summed E-state index contributed by atoms with van der Waals surface area (Å²) >= 11 is 0. The van der Waals surface area contributed by atoms with E-state index in [1.807, 2.05) is 0 Å². The first-order valence-electron chi connectivity index (χ1n) is 5.47. The Labute approximate surface area is 88.4 Å². The SMILES string of the molecule is O=C1NC2CCCCC2C(=O)N1CCO. The maximum absolute atomic E-state index is 11.9. The van der Waals surface area contributed by atoms with Gasteiger partial charge < -0.3 is 10.4 Å². The van der Waals surface area contributed by atoms with Gasteiger partial charge in [0, 0.05) is 6.04 Å². The molecule has 0 bridgehead atoms. The van der Waals surface area contributed by atoms with Gasteiger partial charge in [-0.05, 0) is 12.8 Å². The van der Waals surface area contributed by atoms with Crippen molar-refractivity contribution in [3.63, 3.8) is 0 Å². The average molecular weight is 212 g/mol. The maximum Gasteiger partial charge on any atom is 0.324 e. The first-order chi connectivity index (χ1) is 7.24. The van der Waals surface area contributed by atoms with Gasteiger partial charge in [0.1, 0.15) is 0 Å². The summed E-state index contributed by atoms with van der Waals surface area (Å²) in [4.78, 5) is 24.6. The van der Waals surface area contributed by atoms with Crippen molar-refractivity contribution in [3.05, 3.63) is 0 Å². The first-order valence-corrected chi connectivity index (χ1v) is 5.47. The summed E-state index contributed by atoms with van der Waals surface area (Å²) in [5, 5.41) is 11.6. The highest BCUT2D eigenvalue weighted by atomic mass is 16.3. The molecule has 0 spiro atoms. The Morgan fingerprint density at radius 2 is 2.07 bits per heavy atom. The van der Waals surface area contributed by atoms with Gasteiger partial charge in [0.05, 0.1) is 19.1 Å². The van der Waals surface area contributed by atoms with Crippen molar-refractivity contribution in [3.8, 4) is 0 Å². The summed E-state index contributed by atoms with van der Waals surface area (Å²) in [6, 6.07) is -0.328. The number of nitrogens with one attached hydrogen (secondary N) is 1. The number of hydrogen-bond acceptors (Lipinski definition) is 3. The van der Waals surface area contributed by atoms with E-state index in [9.17, 15) is 9.59 Å². The van der Waals surface area contributed by atoms with Crippen LogP contribution in [0.15, 0.2) is 0 Å². The largest absolute Gasteiger partial charge is 0.395 e. The van der Waals surface area contributed by atoms with E-state index in [0.717, 1.165) is 30.6 Å². The minimum absolute atomic E-state index is 0.0219. The van der Waals surface area contributed by atoms with E-state index in [1.165, 1.54) is 0 Å². The minimum atomic E-state index is -0.350. The fraction of sp³-hybridized carbons (Fsp3) is 0.800. The van der Waals surface area contributed by atoms with Crippen molar-refractivity contribution < 1.29 is 14.7 Å². The lowest BCUT2D eigenvalue weighted by Gasteiger charge is -2.39. The Morgan fingerprint density at radius 1 is 1.33 bits per heavy atom. The molecule has 2 rings (SSSR count). The number of fused-ring (bicyclic) bond motifs is 1. The topological polar surface area (TPSA) is 69.6 Å². The van der Waals surface area contributed by atoms with E-state index in [0.29, 0.717) is 0 Å². The van der Waals surface area contributed by atoms with Crippen molar-refractivity contribution in [1.29, 1.82) is 0 Å². The molecule has 0 aromatic heterocycles. The van der Waals surface area contributed by atoms with Gasteiger partial charge in [-0.3, -0.25) is 9.69 Å². The fourth-order valence-corrected chi connectivity index (χ4v) is 2.45. The van der Waals surface area contributed by atoms with Gasteiger partial charge in [0.15, 0.2) is 0 Å². The number of nitrogens with zero attached hydrogens (tertiary/aromatic N) is 1. The number of amides is 3. The van der Waals surface area contributed by atoms with Crippen LogP contribution in [0.25, 0.3) is 0 Å². The molecule has 0 radical (unpaired) electrons. The third-order valence-corrected chi connectivity index (χ3v) is 3.23. The zero-order valence-corrected chi connectivity index (χ0v) is 8.61. The van der Waals surface area contributed by atoms with Crippen molar-refractivity contribution in [2.75, 3.05) is 13.2 Å². The molecule has 3 amide bonds. The Morgan fingerprint density at radius 3 is 2.80 bits per heavy atom. The second-order valence-corrected chi connectivity index (χ2v) is 4.16. The molecule has 1 aliphatic carbocycles. The van der Waals surface area contributed by atoms with E-state index in [-0.39, 0.29) is 37.0 Å². The molecular weight excluding hydrogens is 196 g/mol. The summed E-state index contributed by atoms with van der Waals surface area (Å²) in [7, 11) is 0. The number of rotatable bonds is 2. The quantitative estimate of drug-likeness (QED) is 0.681.